The Balaban J connectivity index is 2.04. The molecular weight excluding hydrogens is 300 g/mol. The number of esters is 1. The topological polar surface area (TPSA) is 38.8 Å². The fourth-order valence-electron chi connectivity index (χ4n) is 2.15. The van der Waals surface area contributed by atoms with E-state index in [-0.39, 0.29) is 18.2 Å². The molecule has 130 valence electrons. The molecule has 1 aliphatic heterocycles. The van der Waals surface area contributed by atoms with Crippen LogP contribution in [0.4, 0.5) is 0 Å². The predicted octanol–water partition coefficient (Wildman–Crippen LogP) is 4.19. The molecule has 1 rings (SSSR count). The number of carbonyl (C=O) groups excluding carboxylic acids is 1. The summed E-state index contributed by atoms with van der Waals surface area (Å²) in [4.78, 5) is 11.0. The largest absolute Gasteiger partial charge is 0.469 e. The first kappa shape index (κ1) is 20.1. The van der Waals surface area contributed by atoms with E-state index in [2.05, 4.69) is 35.3 Å². The van der Waals surface area contributed by atoms with Gasteiger partial charge in [0, 0.05) is 12.8 Å². The van der Waals surface area contributed by atoms with Crippen LogP contribution in [0.15, 0.2) is 24.3 Å². The molecule has 3 nitrogen and oxygen atoms in total. The third-order valence-electron chi connectivity index (χ3n) is 3.62. The van der Waals surface area contributed by atoms with Gasteiger partial charge in [-0.1, -0.05) is 55.8 Å². The van der Waals surface area contributed by atoms with Gasteiger partial charge in [-0.3, -0.25) is 4.79 Å². The monoisotopic (exact) mass is 328 g/mol. The average molecular weight is 328 g/mol. The van der Waals surface area contributed by atoms with Crippen molar-refractivity contribution in [1.29, 1.82) is 0 Å². The van der Waals surface area contributed by atoms with E-state index in [4.69, 9.17) is 4.74 Å². The Hall–Kier alpha value is -1.97. The van der Waals surface area contributed by atoms with Crippen LogP contribution in [0.1, 0.15) is 58.3 Å². The van der Waals surface area contributed by atoms with Gasteiger partial charge in [0.2, 0.25) is 0 Å². The first-order valence-electron chi connectivity index (χ1n) is 8.77. The molecule has 0 radical (unpaired) electrons. The molecule has 1 aliphatic rings. The number of ether oxygens (including phenoxy) is 2. The van der Waals surface area contributed by atoms with Crippen molar-refractivity contribution >= 4 is 5.97 Å². The van der Waals surface area contributed by atoms with Gasteiger partial charge in [-0.2, -0.15) is 0 Å². The minimum absolute atomic E-state index is 0.158. The van der Waals surface area contributed by atoms with Gasteiger partial charge in [0.25, 0.3) is 0 Å². The van der Waals surface area contributed by atoms with Gasteiger partial charge in [-0.15, -0.1) is 5.92 Å². The van der Waals surface area contributed by atoms with Crippen LogP contribution in [-0.2, 0) is 14.3 Å². The Morgan fingerprint density at radius 3 is 2.83 bits per heavy atom. The number of epoxide rings is 1. The number of hydrogen-bond acceptors (Lipinski definition) is 3. The Morgan fingerprint density at radius 2 is 2.04 bits per heavy atom. The Bertz CT molecular complexity index is 537. The van der Waals surface area contributed by atoms with E-state index in [0.717, 1.165) is 19.3 Å². The van der Waals surface area contributed by atoms with Crippen LogP contribution in [0.2, 0.25) is 0 Å². The molecule has 0 saturated carbocycles. The third kappa shape index (κ3) is 10.7. The lowest BCUT2D eigenvalue weighted by atomic mass is 10.1. The van der Waals surface area contributed by atoms with Crippen LogP contribution in [0.3, 0.4) is 0 Å². The standard InChI is InChI=1S/C21H28O3/c1-3-4-5-6-7-8-9-10-11-12-13-14-16-19-20(24-19)17-15-18-21(22)23-2/h12-14,16,19-20H,3-6,9,15,17-18H2,1-2H3/t19-,20-/m1/s1. The maximum Gasteiger partial charge on any atom is 0.305 e. The number of hydrogen-bond donors (Lipinski definition) is 0. The number of carbonyl (C=O) groups is 1. The van der Waals surface area contributed by atoms with E-state index in [1.807, 2.05) is 24.3 Å². The number of rotatable bonds is 9. The molecule has 24 heavy (non-hydrogen) atoms. The summed E-state index contributed by atoms with van der Waals surface area (Å²) in [6.45, 7) is 2.19. The summed E-state index contributed by atoms with van der Waals surface area (Å²) < 4.78 is 10.1. The van der Waals surface area contributed by atoms with Crippen molar-refractivity contribution in [1.82, 2.24) is 0 Å². The SMILES string of the molecule is CCCCCC#CCC#CC=CC=C[C@H]1O[C@@H]1CCCC(=O)OC. The summed E-state index contributed by atoms with van der Waals surface area (Å²) in [5.74, 6) is 12.0. The third-order valence-corrected chi connectivity index (χ3v) is 3.62. The highest BCUT2D eigenvalue weighted by molar-refractivity contribution is 5.68. The van der Waals surface area contributed by atoms with E-state index < -0.39 is 0 Å². The van der Waals surface area contributed by atoms with Crippen LogP contribution < -0.4 is 0 Å². The highest BCUT2D eigenvalue weighted by atomic mass is 16.6. The molecule has 0 aromatic carbocycles. The van der Waals surface area contributed by atoms with Crippen molar-refractivity contribution in [2.45, 2.75) is 70.5 Å². The maximum atomic E-state index is 11.0. The van der Waals surface area contributed by atoms with Gasteiger partial charge in [-0.05, 0) is 25.3 Å². The lowest BCUT2D eigenvalue weighted by Gasteiger charge is -1.96. The molecule has 0 unspecified atom stereocenters. The van der Waals surface area contributed by atoms with Crippen LogP contribution in [0.25, 0.3) is 0 Å². The van der Waals surface area contributed by atoms with Crippen LogP contribution in [0, 0.1) is 23.7 Å². The van der Waals surface area contributed by atoms with Gasteiger partial charge in [0.1, 0.15) is 6.10 Å². The fourth-order valence-corrected chi connectivity index (χ4v) is 2.15. The summed E-state index contributed by atoms with van der Waals surface area (Å²) in [6.07, 6.45) is 15.6. The van der Waals surface area contributed by atoms with Crippen LogP contribution >= 0.6 is 0 Å². The smallest absolute Gasteiger partial charge is 0.305 e. The second-order valence-electron chi connectivity index (χ2n) is 5.66. The first-order valence-corrected chi connectivity index (χ1v) is 8.77. The second kappa shape index (κ2) is 13.5. The molecule has 1 fully saturated rings. The van der Waals surface area contributed by atoms with Gasteiger partial charge in [0.15, 0.2) is 0 Å². The molecule has 0 aromatic heterocycles. The summed E-state index contributed by atoms with van der Waals surface area (Å²) in [6, 6.07) is 0. The summed E-state index contributed by atoms with van der Waals surface area (Å²) in [5, 5.41) is 0. The van der Waals surface area contributed by atoms with E-state index >= 15 is 0 Å². The normalized spacial score (nSPS) is 18.8. The molecule has 0 N–H and O–H groups in total. The Labute approximate surface area is 146 Å². The van der Waals surface area contributed by atoms with Gasteiger partial charge >= 0.3 is 5.97 Å². The number of methoxy groups -OCH3 is 1. The molecule has 0 aliphatic carbocycles. The number of unbranched alkanes of at least 4 members (excludes halogenated alkanes) is 3. The minimum Gasteiger partial charge on any atom is -0.469 e. The first-order chi connectivity index (χ1) is 11.8. The lowest BCUT2D eigenvalue weighted by Crippen LogP contribution is -2.01. The van der Waals surface area contributed by atoms with E-state index in [0.29, 0.717) is 12.8 Å². The molecule has 0 spiro atoms. The molecule has 2 atom stereocenters. The van der Waals surface area contributed by atoms with Crippen molar-refractivity contribution in [2.75, 3.05) is 7.11 Å². The Morgan fingerprint density at radius 1 is 1.17 bits per heavy atom. The van der Waals surface area contributed by atoms with Crippen molar-refractivity contribution < 1.29 is 14.3 Å². The quantitative estimate of drug-likeness (QED) is 0.209. The minimum atomic E-state index is -0.158. The lowest BCUT2D eigenvalue weighted by molar-refractivity contribution is -0.140. The zero-order valence-electron chi connectivity index (χ0n) is 14.8. The van der Waals surface area contributed by atoms with E-state index in [1.165, 1.54) is 26.4 Å². The molecule has 3 heteroatoms. The zero-order valence-corrected chi connectivity index (χ0v) is 14.8. The number of allylic oxidation sites excluding steroid dienone is 3. The van der Waals surface area contributed by atoms with E-state index in [1.54, 1.807) is 0 Å². The van der Waals surface area contributed by atoms with Crippen molar-refractivity contribution in [3.63, 3.8) is 0 Å². The maximum absolute atomic E-state index is 11.0. The molecular formula is C21H28O3. The highest BCUT2D eigenvalue weighted by Gasteiger charge is 2.35. The summed E-state index contributed by atoms with van der Waals surface area (Å²) in [5.41, 5.74) is 0. The molecule has 0 bridgehead atoms. The molecule has 0 aromatic rings. The summed E-state index contributed by atoms with van der Waals surface area (Å²) in [7, 11) is 1.41. The van der Waals surface area contributed by atoms with Crippen molar-refractivity contribution in [3.8, 4) is 23.7 Å². The highest BCUT2D eigenvalue weighted by Crippen LogP contribution is 2.28. The van der Waals surface area contributed by atoms with Gasteiger partial charge in [-0.25, -0.2) is 0 Å². The fraction of sp³-hybridized carbons (Fsp3) is 0.571. The van der Waals surface area contributed by atoms with Crippen molar-refractivity contribution in [3.05, 3.63) is 24.3 Å². The predicted molar refractivity (Wildman–Crippen MR) is 97.1 cm³/mol. The van der Waals surface area contributed by atoms with Gasteiger partial charge in [0.05, 0.1) is 19.6 Å². The van der Waals surface area contributed by atoms with E-state index in [9.17, 15) is 4.79 Å². The molecule has 1 heterocycles. The van der Waals surface area contributed by atoms with Gasteiger partial charge < -0.3 is 9.47 Å². The van der Waals surface area contributed by atoms with Crippen LogP contribution in [0.5, 0.6) is 0 Å². The zero-order chi connectivity index (χ0) is 17.5. The Kier molecular flexibility index (Phi) is 11.3. The average Bonchev–Trinajstić information content (AvgIpc) is 3.34. The molecule has 1 saturated heterocycles. The summed E-state index contributed by atoms with van der Waals surface area (Å²) >= 11 is 0. The second-order valence-corrected chi connectivity index (χ2v) is 5.66. The van der Waals surface area contributed by atoms with Crippen molar-refractivity contribution in [2.24, 2.45) is 0 Å². The molecule has 0 amide bonds. The van der Waals surface area contributed by atoms with Crippen LogP contribution in [-0.4, -0.2) is 25.3 Å².